The standard InChI is InChI=1S/C13H24O2/c1-11(6-8-15-10-14)9-13(3)7-4-5-12(13)2/h10-12H,4-9H2,1-3H3/t11-,12?,13?/m0/s1. The van der Waals surface area contributed by atoms with Gasteiger partial charge in [0.05, 0.1) is 6.61 Å². The van der Waals surface area contributed by atoms with E-state index in [1.54, 1.807) is 0 Å². The van der Waals surface area contributed by atoms with Crippen LogP contribution in [0.15, 0.2) is 0 Å². The van der Waals surface area contributed by atoms with E-state index in [4.69, 9.17) is 4.74 Å². The Morgan fingerprint density at radius 1 is 1.60 bits per heavy atom. The van der Waals surface area contributed by atoms with E-state index in [1.807, 2.05) is 0 Å². The first-order valence-electron chi connectivity index (χ1n) is 6.14. The highest BCUT2D eigenvalue weighted by molar-refractivity contribution is 5.36. The van der Waals surface area contributed by atoms with E-state index in [2.05, 4.69) is 20.8 Å². The van der Waals surface area contributed by atoms with Gasteiger partial charge in [-0.3, -0.25) is 4.79 Å². The van der Waals surface area contributed by atoms with E-state index in [0.717, 1.165) is 12.3 Å². The molecule has 0 aromatic heterocycles. The lowest BCUT2D eigenvalue weighted by atomic mass is 9.74. The Labute approximate surface area is 93.4 Å². The van der Waals surface area contributed by atoms with Gasteiger partial charge < -0.3 is 4.74 Å². The van der Waals surface area contributed by atoms with Crippen molar-refractivity contribution in [1.82, 2.24) is 0 Å². The molecule has 0 aromatic carbocycles. The molecule has 1 fully saturated rings. The monoisotopic (exact) mass is 212 g/mol. The van der Waals surface area contributed by atoms with Gasteiger partial charge in [0.1, 0.15) is 0 Å². The van der Waals surface area contributed by atoms with Crippen LogP contribution in [0.2, 0.25) is 0 Å². The van der Waals surface area contributed by atoms with Gasteiger partial charge in [-0.1, -0.05) is 33.6 Å². The van der Waals surface area contributed by atoms with Gasteiger partial charge in [0.25, 0.3) is 6.47 Å². The maximum absolute atomic E-state index is 10.0. The maximum Gasteiger partial charge on any atom is 0.293 e. The lowest BCUT2D eigenvalue weighted by Crippen LogP contribution is -2.23. The molecule has 0 spiro atoms. The average Bonchev–Trinajstić information content (AvgIpc) is 2.47. The van der Waals surface area contributed by atoms with Crippen LogP contribution in [0.4, 0.5) is 0 Å². The molecule has 1 rings (SSSR count). The Morgan fingerprint density at radius 3 is 2.87 bits per heavy atom. The van der Waals surface area contributed by atoms with E-state index in [1.165, 1.54) is 25.7 Å². The third kappa shape index (κ3) is 3.51. The Kier molecular flexibility index (Phi) is 4.62. The molecule has 1 saturated carbocycles. The molecule has 1 aliphatic carbocycles. The quantitative estimate of drug-likeness (QED) is 0.498. The van der Waals surface area contributed by atoms with E-state index in [9.17, 15) is 4.79 Å². The first-order valence-corrected chi connectivity index (χ1v) is 6.14. The van der Waals surface area contributed by atoms with Gasteiger partial charge in [-0.05, 0) is 36.5 Å². The van der Waals surface area contributed by atoms with Crippen molar-refractivity contribution in [3.8, 4) is 0 Å². The summed E-state index contributed by atoms with van der Waals surface area (Å²) >= 11 is 0. The van der Waals surface area contributed by atoms with Gasteiger partial charge in [0.2, 0.25) is 0 Å². The van der Waals surface area contributed by atoms with Crippen molar-refractivity contribution in [3.63, 3.8) is 0 Å². The summed E-state index contributed by atoms with van der Waals surface area (Å²) in [5, 5.41) is 0. The summed E-state index contributed by atoms with van der Waals surface area (Å²) < 4.78 is 4.75. The molecule has 2 nitrogen and oxygen atoms in total. The zero-order valence-electron chi connectivity index (χ0n) is 10.3. The molecule has 0 amide bonds. The van der Waals surface area contributed by atoms with E-state index < -0.39 is 0 Å². The minimum absolute atomic E-state index is 0.528. The van der Waals surface area contributed by atoms with Gasteiger partial charge >= 0.3 is 0 Å². The van der Waals surface area contributed by atoms with E-state index in [0.29, 0.717) is 24.4 Å². The average molecular weight is 212 g/mol. The molecular formula is C13H24O2. The van der Waals surface area contributed by atoms with Crippen LogP contribution in [0.1, 0.15) is 52.9 Å². The summed E-state index contributed by atoms with van der Waals surface area (Å²) in [6.07, 6.45) is 6.41. The van der Waals surface area contributed by atoms with Crippen molar-refractivity contribution in [3.05, 3.63) is 0 Å². The van der Waals surface area contributed by atoms with Gasteiger partial charge in [0, 0.05) is 0 Å². The molecule has 0 aromatic rings. The Morgan fingerprint density at radius 2 is 2.33 bits per heavy atom. The number of hydrogen-bond acceptors (Lipinski definition) is 2. The van der Waals surface area contributed by atoms with Crippen LogP contribution in [0.5, 0.6) is 0 Å². The highest BCUT2D eigenvalue weighted by Crippen LogP contribution is 2.47. The second kappa shape index (κ2) is 5.53. The minimum atomic E-state index is 0.528. The van der Waals surface area contributed by atoms with Gasteiger partial charge in [-0.15, -0.1) is 0 Å². The molecule has 0 N–H and O–H groups in total. The van der Waals surface area contributed by atoms with Crippen LogP contribution in [-0.4, -0.2) is 13.1 Å². The minimum Gasteiger partial charge on any atom is -0.468 e. The van der Waals surface area contributed by atoms with E-state index in [-0.39, 0.29) is 0 Å². The second-order valence-corrected chi connectivity index (χ2v) is 5.51. The van der Waals surface area contributed by atoms with Crippen LogP contribution >= 0.6 is 0 Å². The zero-order chi connectivity index (χ0) is 11.3. The van der Waals surface area contributed by atoms with Crippen molar-refractivity contribution in [2.24, 2.45) is 17.3 Å². The van der Waals surface area contributed by atoms with Crippen molar-refractivity contribution in [2.75, 3.05) is 6.61 Å². The summed E-state index contributed by atoms with van der Waals surface area (Å²) in [5.74, 6) is 1.52. The topological polar surface area (TPSA) is 26.3 Å². The summed E-state index contributed by atoms with van der Waals surface area (Å²) in [5.41, 5.74) is 0.528. The smallest absolute Gasteiger partial charge is 0.293 e. The fourth-order valence-corrected chi connectivity index (χ4v) is 2.93. The van der Waals surface area contributed by atoms with Gasteiger partial charge in [-0.2, -0.15) is 0 Å². The maximum atomic E-state index is 10.0. The number of rotatable bonds is 6. The Bertz CT molecular complexity index is 203. The van der Waals surface area contributed by atoms with Crippen LogP contribution in [0.25, 0.3) is 0 Å². The molecule has 2 unspecified atom stereocenters. The number of ether oxygens (including phenoxy) is 1. The molecule has 1 aliphatic rings. The molecule has 15 heavy (non-hydrogen) atoms. The number of carbonyl (C=O) groups is 1. The van der Waals surface area contributed by atoms with Gasteiger partial charge in [0.15, 0.2) is 0 Å². The second-order valence-electron chi connectivity index (χ2n) is 5.51. The first-order chi connectivity index (χ1) is 7.08. The fourth-order valence-electron chi connectivity index (χ4n) is 2.93. The summed E-state index contributed by atoms with van der Waals surface area (Å²) in [6.45, 7) is 8.19. The predicted molar refractivity (Wildman–Crippen MR) is 61.5 cm³/mol. The third-order valence-corrected chi connectivity index (χ3v) is 4.19. The molecule has 3 atom stereocenters. The lowest BCUT2D eigenvalue weighted by molar-refractivity contribution is -0.129. The zero-order valence-corrected chi connectivity index (χ0v) is 10.3. The van der Waals surface area contributed by atoms with Gasteiger partial charge in [-0.25, -0.2) is 0 Å². The van der Waals surface area contributed by atoms with Crippen molar-refractivity contribution in [1.29, 1.82) is 0 Å². The molecule has 0 saturated heterocycles. The SMILES string of the molecule is CC1CCCC1(C)C[C@@H](C)CCOC=O. The highest BCUT2D eigenvalue weighted by atomic mass is 16.5. The van der Waals surface area contributed by atoms with Crippen LogP contribution < -0.4 is 0 Å². The summed E-state index contributed by atoms with van der Waals surface area (Å²) in [4.78, 5) is 10.0. The lowest BCUT2D eigenvalue weighted by Gasteiger charge is -2.32. The number of hydrogen-bond donors (Lipinski definition) is 0. The summed E-state index contributed by atoms with van der Waals surface area (Å²) in [7, 11) is 0. The highest BCUT2D eigenvalue weighted by Gasteiger charge is 2.36. The van der Waals surface area contributed by atoms with Crippen LogP contribution in [0.3, 0.4) is 0 Å². The Balaban J connectivity index is 2.29. The molecule has 0 radical (unpaired) electrons. The largest absolute Gasteiger partial charge is 0.468 e. The first kappa shape index (κ1) is 12.5. The normalized spacial score (nSPS) is 32.6. The van der Waals surface area contributed by atoms with Crippen molar-refractivity contribution >= 4 is 6.47 Å². The van der Waals surface area contributed by atoms with E-state index >= 15 is 0 Å². The molecule has 0 aliphatic heterocycles. The molecule has 0 heterocycles. The molecule has 0 bridgehead atoms. The fraction of sp³-hybridized carbons (Fsp3) is 0.923. The summed E-state index contributed by atoms with van der Waals surface area (Å²) in [6, 6.07) is 0. The molecule has 88 valence electrons. The molecule has 2 heteroatoms. The van der Waals surface area contributed by atoms with Crippen LogP contribution in [-0.2, 0) is 9.53 Å². The van der Waals surface area contributed by atoms with Crippen molar-refractivity contribution < 1.29 is 9.53 Å². The van der Waals surface area contributed by atoms with Crippen molar-refractivity contribution in [2.45, 2.75) is 52.9 Å². The Hall–Kier alpha value is -0.530. The third-order valence-electron chi connectivity index (χ3n) is 4.19. The predicted octanol–water partition coefficient (Wildman–Crippen LogP) is 3.40. The van der Waals surface area contributed by atoms with Crippen LogP contribution in [0, 0.1) is 17.3 Å². The molecular weight excluding hydrogens is 188 g/mol. The number of carbonyl (C=O) groups excluding carboxylic acids is 1.